The summed E-state index contributed by atoms with van der Waals surface area (Å²) in [5, 5.41) is 14.8. The van der Waals surface area contributed by atoms with Gasteiger partial charge in [0.25, 0.3) is 15.1 Å². The first-order valence-corrected chi connectivity index (χ1v) is 12.9. The molecule has 1 atom stereocenters. The van der Waals surface area contributed by atoms with Gasteiger partial charge in [0.2, 0.25) is 0 Å². The van der Waals surface area contributed by atoms with Crippen molar-refractivity contribution < 1.29 is 27.9 Å². The molecule has 1 aliphatic rings. The minimum atomic E-state index is -3.63. The molecule has 0 aliphatic carbocycles. The van der Waals surface area contributed by atoms with Gasteiger partial charge in [-0.2, -0.15) is 4.31 Å². The van der Waals surface area contributed by atoms with Gasteiger partial charge in [-0.1, -0.05) is 30.9 Å². The summed E-state index contributed by atoms with van der Waals surface area (Å²) in [6, 6.07) is 1.21. The van der Waals surface area contributed by atoms with Crippen LogP contribution in [0, 0.1) is 10.1 Å². The number of nitrogens with two attached hydrogens (primary N) is 1. The predicted molar refractivity (Wildman–Crippen MR) is 126 cm³/mol. The first kappa shape index (κ1) is 26.9. The van der Waals surface area contributed by atoms with E-state index in [2.05, 4.69) is 11.4 Å². The summed E-state index contributed by atoms with van der Waals surface area (Å²) in [6.45, 7) is 5.96. The van der Waals surface area contributed by atoms with Crippen LogP contribution in [0.25, 0.3) is 0 Å². The molecule has 2 heterocycles. The Morgan fingerprint density at radius 3 is 2.88 bits per heavy atom. The van der Waals surface area contributed by atoms with Crippen LogP contribution in [0.3, 0.4) is 0 Å². The highest BCUT2D eigenvalue weighted by Gasteiger charge is 2.41. The molecule has 0 fully saturated rings. The summed E-state index contributed by atoms with van der Waals surface area (Å²) in [5.41, 5.74) is 1.07. The Balaban J connectivity index is 1.99. The Labute approximate surface area is 200 Å². The molecule has 11 nitrogen and oxygen atoms in total. The number of hydrogen-bond donors (Lipinski definition) is 1. The monoisotopic (exact) mass is 518 g/mol. The van der Waals surface area contributed by atoms with Crippen molar-refractivity contribution in [2.45, 2.75) is 27.8 Å². The standard InChI is InChI=1S/C19H26N4O7S3/c1-4-22(16-12-21(3)33(27,28)18-15(16)11-17(31-18)32-20)19(24)29-13-14(2)9-7-5-6-8-10-30-23(25)26/h5-7,9,11,16H,2,4,8,10,12-13,20H2,1,3H3/b6-5-,9-7-. The summed E-state index contributed by atoms with van der Waals surface area (Å²) >= 11 is 2.05. The van der Waals surface area contributed by atoms with E-state index in [0.717, 1.165) is 23.3 Å². The van der Waals surface area contributed by atoms with E-state index < -0.39 is 27.2 Å². The minimum Gasteiger partial charge on any atom is -0.445 e. The van der Waals surface area contributed by atoms with Crippen molar-refractivity contribution in [1.29, 1.82) is 0 Å². The van der Waals surface area contributed by atoms with Gasteiger partial charge >= 0.3 is 6.09 Å². The summed E-state index contributed by atoms with van der Waals surface area (Å²) < 4.78 is 32.8. The number of fused-ring (bicyclic) bond motifs is 1. The number of thiophene rings is 1. The fourth-order valence-electron chi connectivity index (χ4n) is 3.03. The minimum absolute atomic E-state index is 0.0300. The maximum atomic E-state index is 12.8. The van der Waals surface area contributed by atoms with E-state index in [0.29, 0.717) is 28.3 Å². The molecular weight excluding hydrogens is 492 g/mol. The average Bonchev–Trinajstić information content (AvgIpc) is 3.21. The molecule has 33 heavy (non-hydrogen) atoms. The summed E-state index contributed by atoms with van der Waals surface area (Å²) in [7, 11) is -2.15. The van der Waals surface area contributed by atoms with Crippen LogP contribution < -0.4 is 5.14 Å². The van der Waals surface area contributed by atoms with Crippen LogP contribution in [0.4, 0.5) is 4.79 Å². The number of hydrogen-bond acceptors (Lipinski definition) is 10. The molecule has 0 spiro atoms. The number of nitrogens with zero attached hydrogens (tertiary/aromatic N) is 3. The third-order valence-corrected chi connectivity index (χ3v) is 8.83. The van der Waals surface area contributed by atoms with E-state index in [1.807, 2.05) is 0 Å². The predicted octanol–water partition coefficient (Wildman–Crippen LogP) is 3.11. The fraction of sp³-hybridized carbons (Fsp3) is 0.421. The smallest absolute Gasteiger partial charge is 0.410 e. The number of ether oxygens (including phenoxy) is 1. The van der Waals surface area contributed by atoms with Crippen LogP contribution >= 0.6 is 23.3 Å². The zero-order valence-electron chi connectivity index (χ0n) is 18.2. The van der Waals surface area contributed by atoms with Crippen LogP contribution in [0.5, 0.6) is 0 Å². The molecule has 0 aromatic carbocycles. The molecule has 1 amide bonds. The summed E-state index contributed by atoms with van der Waals surface area (Å²) in [6.07, 6.45) is 6.48. The normalized spacial score (nSPS) is 17.7. The van der Waals surface area contributed by atoms with E-state index in [1.54, 1.807) is 37.3 Å². The van der Waals surface area contributed by atoms with Gasteiger partial charge in [-0.05, 0) is 36.9 Å². The first-order chi connectivity index (χ1) is 15.6. The lowest BCUT2D eigenvalue weighted by atomic mass is 10.1. The average molecular weight is 519 g/mol. The van der Waals surface area contributed by atoms with Crippen molar-refractivity contribution in [3.63, 3.8) is 0 Å². The molecule has 2 rings (SSSR count). The van der Waals surface area contributed by atoms with Crippen molar-refractivity contribution in [3.05, 3.63) is 58.2 Å². The van der Waals surface area contributed by atoms with E-state index >= 15 is 0 Å². The maximum absolute atomic E-state index is 12.8. The highest BCUT2D eigenvalue weighted by Crippen LogP contribution is 2.42. The van der Waals surface area contributed by atoms with Crippen molar-refractivity contribution in [3.8, 4) is 0 Å². The van der Waals surface area contributed by atoms with Gasteiger partial charge in [0, 0.05) is 25.7 Å². The van der Waals surface area contributed by atoms with Gasteiger partial charge in [-0.25, -0.2) is 13.2 Å². The van der Waals surface area contributed by atoms with Crippen LogP contribution in [0.1, 0.15) is 24.9 Å². The number of carbonyl (C=O) groups is 1. The molecule has 0 saturated heterocycles. The van der Waals surface area contributed by atoms with Crippen molar-refractivity contribution in [2.24, 2.45) is 5.14 Å². The lowest BCUT2D eigenvalue weighted by Gasteiger charge is -2.36. The van der Waals surface area contributed by atoms with E-state index in [-0.39, 0.29) is 24.0 Å². The van der Waals surface area contributed by atoms with Crippen LogP contribution in [0.15, 0.2) is 50.9 Å². The van der Waals surface area contributed by atoms with Crippen LogP contribution in [0.2, 0.25) is 0 Å². The van der Waals surface area contributed by atoms with Crippen molar-refractivity contribution >= 4 is 39.4 Å². The Hall–Kier alpha value is -2.39. The van der Waals surface area contributed by atoms with Crippen LogP contribution in [-0.2, 0) is 19.6 Å². The van der Waals surface area contributed by atoms with Crippen molar-refractivity contribution in [2.75, 3.05) is 33.4 Å². The number of rotatable bonds is 11. The molecule has 2 N–H and O–H groups in total. The second-order valence-electron chi connectivity index (χ2n) is 6.86. The lowest BCUT2D eigenvalue weighted by Crippen LogP contribution is -2.45. The van der Waals surface area contributed by atoms with Gasteiger partial charge in [-0.15, -0.1) is 21.5 Å². The molecule has 1 aliphatic heterocycles. The molecule has 1 aromatic rings. The topological polar surface area (TPSA) is 145 Å². The summed E-state index contributed by atoms with van der Waals surface area (Å²) in [5.74, 6) is 0. The molecular formula is C19H26N4O7S3. The van der Waals surface area contributed by atoms with Gasteiger partial charge in [0.1, 0.15) is 10.8 Å². The number of carbonyl (C=O) groups excluding carboxylic acids is 1. The Morgan fingerprint density at radius 1 is 1.52 bits per heavy atom. The molecule has 0 radical (unpaired) electrons. The zero-order valence-corrected chi connectivity index (χ0v) is 20.7. The third-order valence-electron chi connectivity index (χ3n) is 4.64. The van der Waals surface area contributed by atoms with Gasteiger partial charge in [-0.3, -0.25) is 5.14 Å². The highest BCUT2D eigenvalue weighted by molar-refractivity contribution is 7.99. The second-order valence-corrected chi connectivity index (χ2v) is 11.1. The quantitative estimate of drug-likeness (QED) is 0.153. The summed E-state index contributed by atoms with van der Waals surface area (Å²) in [4.78, 5) is 28.5. The number of allylic oxidation sites excluding steroid dienone is 2. The number of sulfonamides is 1. The molecule has 0 bridgehead atoms. The van der Waals surface area contributed by atoms with Gasteiger partial charge in [0.05, 0.1) is 16.9 Å². The number of amides is 1. The second kappa shape index (κ2) is 12.2. The first-order valence-electron chi connectivity index (χ1n) is 9.80. The van der Waals surface area contributed by atoms with Gasteiger partial charge in [0.15, 0.2) is 0 Å². The molecule has 1 aromatic heterocycles. The molecule has 14 heteroatoms. The Morgan fingerprint density at radius 2 is 2.24 bits per heavy atom. The zero-order chi connectivity index (χ0) is 24.6. The maximum Gasteiger partial charge on any atom is 0.410 e. The largest absolute Gasteiger partial charge is 0.445 e. The Kier molecular flexibility index (Phi) is 9.91. The molecule has 182 valence electrons. The molecule has 0 saturated carbocycles. The molecule has 1 unspecified atom stereocenters. The van der Waals surface area contributed by atoms with E-state index in [1.165, 1.54) is 16.3 Å². The van der Waals surface area contributed by atoms with Crippen molar-refractivity contribution in [1.82, 2.24) is 9.21 Å². The SMILES string of the molecule is C=C(/C=C\C=C/CCO[N+](=O)[O-])COC(=O)N(CC)C1CN(C)S(=O)(=O)c2sc(SN)cc21. The highest BCUT2D eigenvalue weighted by atomic mass is 32.3. The van der Waals surface area contributed by atoms with E-state index in [4.69, 9.17) is 9.88 Å². The van der Waals surface area contributed by atoms with Gasteiger partial charge < -0.3 is 14.5 Å². The number of likely N-dealkylation sites (N-methyl/N-ethyl adjacent to an activating group) is 2. The Bertz CT molecular complexity index is 1040. The lowest BCUT2D eigenvalue weighted by molar-refractivity contribution is -0.757. The fourth-order valence-corrected chi connectivity index (χ4v) is 6.69. The third kappa shape index (κ3) is 7.04. The van der Waals surface area contributed by atoms with Crippen LogP contribution in [-0.4, -0.2) is 62.2 Å². The van der Waals surface area contributed by atoms with E-state index in [9.17, 15) is 23.3 Å².